The van der Waals surface area contributed by atoms with Crippen LogP contribution in [0.4, 0.5) is 21.7 Å². The number of nitrogens with two attached hydrogens (primary N) is 1. The topological polar surface area (TPSA) is 130 Å². The zero-order valence-electron chi connectivity index (χ0n) is 19.2. The molecule has 0 aliphatic rings. The number of nitrogens with zero attached hydrogens (tertiary/aromatic N) is 4. The molecule has 0 saturated heterocycles. The largest absolute Gasteiger partial charge is 0.383 e. The molecule has 4 N–H and O–H groups in total. The van der Waals surface area contributed by atoms with Crippen LogP contribution >= 0.6 is 0 Å². The van der Waals surface area contributed by atoms with Gasteiger partial charge < -0.3 is 16.4 Å². The van der Waals surface area contributed by atoms with Crippen molar-refractivity contribution in [3.05, 3.63) is 71.9 Å². The van der Waals surface area contributed by atoms with Gasteiger partial charge in [-0.2, -0.15) is 5.26 Å². The molecule has 35 heavy (non-hydrogen) atoms. The van der Waals surface area contributed by atoms with Crippen LogP contribution in [-0.4, -0.2) is 37.7 Å². The highest BCUT2D eigenvalue weighted by molar-refractivity contribution is 7.84. The molecule has 178 valence electrons. The normalized spacial score (nSPS) is 12.6. The summed E-state index contributed by atoms with van der Waals surface area (Å²) in [5.74, 6) is 0.428. The van der Waals surface area contributed by atoms with Gasteiger partial charge in [0.15, 0.2) is 0 Å². The average Bonchev–Trinajstić information content (AvgIpc) is 2.84. The molecule has 2 unspecified atom stereocenters. The molecular weight excluding hydrogens is 465 g/mol. The molecule has 0 aliphatic carbocycles. The van der Waals surface area contributed by atoms with E-state index in [-0.39, 0.29) is 17.2 Å². The number of halogens is 1. The van der Waals surface area contributed by atoms with Crippen LogP contribution in [0.1, 0.15) is 24.2 Å². The second-order valence-corrected chi connectivity index (χ2v) is 9.49. The van der Waals surface area contributed by atoms with Crippen molar-refractivity contribution in [2.75, 3.05) is 34.9 Å². The van der Waals surface area contributed by atoms with Crippen molar-refractivity contribution < 1.29 is 8.60 Å². The maximum Gasteiger partial charge on any atom is 0.150 e. The Hall–Kier alpha value is -4.10. The first-order valence-corrected chi connectivity index (χ1v) is 12.6. The number of nitrogen functional groups attached to an aromatic ring is 1. The highest BCUT2D eigenvalue weighted by Gasteiger charge is 2.22. The van der Waals surface area contributed by atoms with Crippen LogP contribution < -0.4 is 16.4 Å². The van der Waals surface area contributed by atoms with Gasteiger partial charge in [0.2, 0.25) is 0 Å². The van der Waals surface area contributed by atoms with Crippen LogP contribution in [0, 0.1) is 17.1 Å². The number of nitrogens with one attached hydrogen (secondary N) is 2. The van der Waals surface area contributed by atoms with Crippen LogP contribution in [0.2, 0.25) is 0 Å². The fourth-order valence-corrected chi connectivity index (χ4v) is 4.25. The number of aromatic nitrogens is 3. The van der Waals surface area contributed by atoms with Gasteiger partial charge in [-0.1, -0.05) is 30.3 Å². The summed E-state index contributed by atoms with van der Waals surface area (Å²) in [6, 6.07) is 15.7. The van der Waals surface area contributed by atoms with E-state index in [9.17, 15) is 13.9 Å². The Balaban J connectivity index is 1.92. The fraction of sp³-hybridized carbons (Fsp3) is 0.200. The molecule has 2 aromatic heterocycles. The van der Waals surface area contributed by atoms with Crippen molar-refractivity contribution in [2.45, 2.75) is 13.0 Å². The number of hydrogen-bond donors (Lipinski definition) is 3. The van der Waals surface area contributed by atoms with E-state index in [1.165, 1.54) is 18.5 Å². The molecule has 2 aromatic carbocycles. The zero-order valence-corrected chi connectivity index (χ0v) is 20.1. The molecule has 8 nitrogen and oxygen atoms in total. The summed E-state index contributed by atoms with van der Waals surface area (Å²) in [6.07, 6.45) is 2.93. The molecule has 0 bridgehead atoms. The minimum atomic E-state index is -0.996. The summed E-state index contributed by atoms with van der Waals surface area (Å²) in [6.45, 7) is 2.33. The van der Waals surface area contributed by atoms with Crippen molar-refractivity contribution >= 4 is 39.0 Å². The predicted octanol–water partition coefficient (Wildman–Crippen LogP) is 4.25. The highest BCUT2D eigenvalue weighted by Crippen LogP contribution is 2.40. The molecule has 0 saturated carbocycles. The Labute approximate surface area is 204 Å². The summed E-state index contributed by atoms with van der Waals surface area (Å²) in [5.41, 5.74) is 9.60. The van der Waals surface area contributed by atoms with Gasteiger partial charge in [-0.05, 0) is 30.7 Å². The number of fused-ring (bicyclic) bond motifs is 1. The lowest BCUT2D eigenvalue weighted by molar-refractivity contribution is 0.629. The van der Waals surface area contributed by atoms with Gasteiger partial charge in [0.25, 0.3) is 0 Å². The molecule has 2 heterocycles. The number of anilines is 3. The summed E-state index contributed by atoms with van der Waals surface area (Å²) < 4.78 is 26.0. The van der Waals surface area contributed by atoms with Gasteiger partial charge in [0, 0.05) is 40.3 Å². The maximum atomic E-state index is 14.3. The standard InChI is InChI=1S/C25H24FN7OS/c1-15(32-25-19(13-27)24(28)30-14-31-25)22-21(16-6-4-3-5-7-16)23(29-10-11-35(2)34)18-12-17(26)8-9-20(18)33-22/h3-9,12,14-15H,10-11H2,1-2H3,(H,29,33)(H3,28,30,31,32). The SMILES string of the molecule is CC(Nc1ncnc(N)c1C#N)c1nc2ccc(F)cc2c(NCCS(C)=O)c1-c1ccccc1. The third kappa shape index (κ3) is 5.20. The van der Waals surface area contributed by atoms with Gasteiger partial charge in [-0.15, -0.1) is 0 Å². The van der Waals surface area contributed by atoms with Crippen molar-refractivity contribution in [3.8, 4) is 17.2 Å². The highest BCUT2D eigenvalue weighted by atomic mass is 32.2. The van der Waals surface area contributed by atoms with Gasteiger partial charge in [-0.3, -0.25) is 4.21 Å². The Bertz CT molecular complexity index is 1440. The van der Waals surface area contributed by atoms with Gasteiger partial charge >= 0.3 is 0 Å². The smallest absolute Gasteiger partial charge is 0.150 e. The fourth-order valence-electron chi connectivity index (χ4n) is 3.86. The molecule has 4 rings (SSSR count). The maximum absolute atomic E-state index is 14.3. The van der Waals surface area contributed by atoms with Crippen molar-refractivity contribution in [3.63, 3.8) is 0 Å². The van der Waals surface area contributed by atoms with Crippen LogP contribution in [-0.2, 0) is 10.8 Å². The van der Waals surface area contributed by atoms with Crippen LogP contribution in [0.25, 0.3) is 22.0 Å². The molecule has 4 aromatic rings. The second kappa shape index (κ2) is 10.4. The molecule has 2 atom stereocenters. The molecule has 0 radical (unpaired) electrons. The number of pyridine rings is 1. The van der Waals surface area contributed by atoms with Gasteiger partial charge in [-0.25, -0.2) is 19.3 Å². The van der Waals surface area contributed by atoms with E-state index in [1.54, 1.807) is 12.3 Å². The Morgan fingerprint density at radius 3 is 2.69 bits per heavy atom. The number of rotatable bonds is 8. The molecule has 0 fully saturated rings. The molecule has 0 amide bonds. The molecule has 0 spiro atoms. The van der Waals surface area contributed by atoms with E-state index in [2.05, 4.69) is 20.6 Å². The molecular formula is C25H24FN7OS. The summed E-state index contributed by atoms with van der Waals surface area (Å²) in [5, 5.41) is 16.8. The minimum Gasteiger partial charge on any atom is -0.383 e. The summed E-state index contributed by atoms with van der Waals surface area (Å²) in [4.78, 5) is 13.0. The van der Waals surface area contributed by atoms with Gasteiger partial charge in [0.05, 0.1) is 22.9 Å². The minimum absolute atomic E-state index is 0.0809. The molecule has 10 heteroatoms. The monoisotopic (exact) mass is 489 g/mol. The second-order valence-electron chi connectivity index (χ2n) is 7.94. The van der Waals surface area contributed by atoms with Crippen LogP contribution in [0.15, 0.2) is 54.9 Å². The van der Waals surface area contributed by atoms with E-state index in [0.29, 0.717) is 40.4 Å². The van der Waals surface area contributed by atoms with E-state index in [0.717, 1.165) is 11.1 Å². The number of hydrogen-bond acceptors (Lipinski definition) is 8. The average molecular weight is 490 g/mol. The Morgan fingerprint density at radius 1 is 1.20 bits per heavy atom. The molecule has 0 aliphatic heterocycles. The lowest BCUT2D eigenvalue weighted by Crippen LogP contribution is -2.16. The van der Waals surface area contributed by atoms with Crippen molar-refractivity contribution in [2.24, 2.45) is 0 Å². The first-order chi connectivity index (χ1) is 16.9. The first kappa shape index (κ1) is 24.0. The lowest BCUT2D eigenvalue weighted by atomic mass is 9.95. The van der Waals surface area contributed by atoms with Gasteiger partial charge in [0.1, 0.15) is 35.4 Å². The van der Waals surface area contributed by atoms with E-state index in [4.69, 9.17) is 10.7 Å². The van der Waals surface area contributed by atoms with Crippen molar-refractivity contribution in [1.82, 2.24) is 15.0 Å². The number of benzene rings is 2. The lowest BCUT2D eigenvalue weighted by Gasteiger charge is -2.23. The Morgan fingerprint density at radius 2 is 1.97 bits per heavy atom. The summed E-state index contributed by atoms with van der Waals surface area (Å²) in [7, 11) is -0.996. The summed E-state index contributed by atoms with van der Waals surface area (Å²) >= 11 is 0. The van der Waals surface area contributed by atoms with Crippen molar-refractivity contribution in [1.29, 1.82) is 5.26 Å². The first-order valence-electron chi connectivity index (χ1n) is 10.9. The third-order valence-electron chi connectivity index (χ3n) is 5.48. The van der Waals surface area contributed by atoms with E-state index < -0.39 is 16.8 Å². The van der Waals surface area contributed by atoms with Crippen LogP contribution in [0.5, 0.6) is 0 Å². The Kier molecular flexibility index (Phi) is 7.17. The number of nitriles is 1. The quantitative estimate of drug-likeness (QED) is 0.335. The zero-order chi connectivity index (χ0) is 24.9. The predicted molar refractivity (Wildman–Crippen MR) is 138 cm³/mol. The third-order valence-corrected chi connectivity index (χ3v) is 6.26. The van der Waals surface area contributed by atoms with Crippen LogP contribution in [0.3, 0.4) is 0 Å². The van der Waals surface area contributed by atoms with E-state index in [1.807, 2.05) is 43.3 Å². The van der Waals surface area contributed by atoms with E-state index >= 15 is 0 Å².